The van der Waals surface area contributed by atoms with Crippen LogP contribution in [0.1, 0.15) is 22.3 Å². The molecule has 4 aromatic rings. The Morgan fingerprint density at radius 3 is 1.21 bits per heavy atom. The second-order valence-corrected chi connectivity index (χ2v) is 7.99. The van der Waals surface area contributed by atoms with E-state index >= 15 is 0 Å². The maximum atomic E-state index is 9.19. The minimum absolute atomic E-state index is 0.376. The molecule has 4 aromatic carbocycles. The first kappa shape index (κ1) is 28.4. The molecule has 10 heteroatoms. The van der Waals surface area contributed by atoms with Crippen molar-refractivity contribution in [1.82, 2.24) is 0 Å². The molecule has 0 aliphatic carbocycles. The summed E-state index contributed by atoms with van der Waals surface area (Å²) in [5, 5.41) is 44.4. The van der Waals surface area contributed by atoms with E-state index in [9.17, 15) is 20.1 Å². The number of nitrogens with zero attached hydrogens (tertiary/aromatic N) is 2. The van der Waals surface area contributed by atoms with Gasteiger partial charge in [0.15, 0.2) is 0 Å². The third-order valence-corrected chi connectivity index (χ3v) is 5.23. The van der Waals surface area contributed by atoms with Gasteiger partial charge in [-0.15, -0.1) is 0 Å². The lowest BCUT2D eigenvalue weighted by molar-refractivity contribution is 0.132. The van der Waals surface area contributed by atoms with Crippen LogP contribution < -0.4 is 10.9 Å². The van der Waals surface area contributed by atoms with Gasteiger partial charge in [-0.05, 0) is 33.2 Å². The van der Waals surface area contributed by atoms with Gasteiger partial charge in [0.1, 0.15) is 13.2 Å². The summed E-state index contributed by atoms with van der Waals surface area (Å²) in [6, 6.07) is 33.2. The van der Waals surface area contributed by atoms with Crippen LogP contribution in [0.2, 0.25) is 0 Å². The van der Waals surface area contributed by atoms with Gasteiger partial charge in [0.25, 0.3) is 0 Å². The van der Waals surface area contributed by atoms with Crippen LogP contribution in [0.25, 0.3) is 0 Å². The minimum atomic E-state index is -1.52. The second-order valence-electron chi connectivity index (χ2n) is 7.99. The lowest BCUT2D eigenvalue weighted by atomic mass is 9.77. The molecule has 0 fully saturated rings. The summed E-state index contributed by atoms with van der Waals surface area (Å²) < 4.78 is 0. The quantitative estimate of drug-likeness (QED) is 0.147. The van der Waals surface area contributed by atoms with E-state index in [1.165, 1.54) is 12.4 Å². The van der Waals surface area contributed by atoms with Crippen molar-refractivity contribution in [3.05, 3.63) is 131 Å². The molecule has 0 saturated carbocycles. The maximum absolute atomic E-state index is 9.19. The Morgan fingerprint density at radius 1 is 0.500 bits per heavy atom. The van der Waals surface area contributed by atoms with E-state index in [1.54, 1.807) is 48.5 Å². The van der Waals surface area contributed by atoms with Crippen molar-refractivity contribution in [2.24, 2.45) is 10.3 Å². The fourth-order valence-electron chi connectivity index (χ4n) is 3.29. The lowest BCUT2D eigenvalue weighted by Gasteiger charge is -2.03. The molecule has 8 nitrogen and oxygen atoms in total. The first-order valence-electron chi connectivity index (χ1n) is 11.8. The third-order valence-electron chi connectivity index (χ3n) is 5.23. The van der Waals surface area contributed by atoms with E-state index in [1.807, 2.05) is 60.7 Å². The number of hydrogen-bond donors (Lipinski definition) is 4. The van der Waals surface area contributed by atoms with Crippen LogP contribution in [-0.2, 0) is 22.9 Å². The zero-order valence-corrected chi connectivity index (χ0v) is 20.6. The number of benzene rings is 4. The SMILES string of the molecule is OB(O)c1ccccc1/C=N/OCc1ccccc1.OB(O)c1ccccc1/C=N/OCc1ccccc1. The van der Waals surface area contributed by atoms with Crippen molar-refractivity contribution in [3.8, 4) is 0 Å². The molecule has 0 unspecified atom stereocenters. The first-order chi connectivity index (χ1) is 18.5. The van der Waals surface area contributed by atoms with Crippen molar-refractivity contribution >= 4 is 37.6 Å². The highest BCUT2D eigenvalue weighted by Crippen LogP contribution is 2.02. The molecular formula is C28H28B2N2O6. The van der Waals surface area contributed by atoms with Gasteiger partial charge in [-0.1, -0.05) is 120 Å². The van der Waals surface area contributed by atoms with Crippen LogP contribution in [0.5, 0.6) is 0 Å². The van der Waals surface area contributed by atoms with Crippen molar-refractivity contribution in [2.75, 3.05) is 0 Å². The Bertz CT molecular complexity index is 1190. The normalized spacial score (nSPS) is 10.6. The van der Waals surface area contributed by atoms with Crippen LogP contribution in [0.3, 0.4) is 0 Å². The molecule has 0 amide bonds. The van der Waals surface area contributed by atoms with Crippen molar-refractivity contribution in [1.29, 1.82) is 0 Å². The Morgan fingerprint density at radius 2 is 0.842 bits per heavy atom. The average molecular weight is 510 g/mol. The molecule has 0 radical (unpaired) electrons. The zero-order valence-electron chi connectivity index (χ0n) is 20.6. The maximum Gasteiger partial charge on any atom is 0.489 e. The summed E-state index contributed by atoms with van der Waals surface area (Å²) in [4.78, 5) is 10.3. The number of hydrogen-bond acceptors (Lipinski definition) is 8. The van der Waals surface area contributed by atoms with E-state index in [0.717, 1.165) is 11.1 Å². The molecule has 4 rings (SSSR count). The zero-order chi connectivity index (χ0) is 27.0. The van der Waals surface area contributed by atoms with Gasteiger partial charge in [-0.3, -0.25) is 0 Å². The van der Waals surface area contributed by atoms with Crippen molar-refractivity contribution < 1.29 is 29.8 Å². The van der Waals surface area contributed by atoms with Crippen molar-refractivity contribution in [2.45, 2.75) is 13.2 Å². The van der Waals surface area contributed by atoms with E-state index in [2.05, 4.69) is 10.3 Å². The monoisotopic (exact) mass is 510 g/mol. The predicted molar refractivity (Wildman–Crippen MR) is 150 cm³/mol. The van der Waals surface area contributed by atoms with Crippen LogP contribution in [-0.4, -0.2) is 46.8 Å². The van der Waals surface area contributed by atoms with E-state index in [-0.39, 0.29) is 0 Å². The van der Waals surface area contributed by atoms with Gasteiger partial charge in [-0.25, -0.2) is 0 Å². The summed E-state index contributed by atoms with van der Waals surface area (Å²) in [7, 11) is -3.03. The molecule has 0 heterocycles. The van der Waals surface area contributed by atoms with Gasteiger partial charge < -0.3 is 29.8 Å². The van der Waals surface area contributed by atoms with Crippen LogP contribution in [0.15, 0.2) is 120 Å². The van der Waals surface area contributed by atoms with Gasteiger partial charge in [-0.2, -0.15) is 0 Å². The molecule has 0 atom stereocenters. The summed E-state index contributed by atoms with van der Waals surface area (Å²) >= 11 is 0. The Balaban J connectivity index is 0.000000211. The van der Waals surface area contributed by atoms with Gasteiger partial charge in [0.05, 0.1) is 12.4 Å². The highest BCUT2D eigenvalue weighted by molar-refractivity contribution is 6.60. The van der Waals surface area contributed by atoms with Crippen LogP contribution in [0, 0.1) is 0 Å². The molecule has 0 spiro atoms. The third kappa shape index (κ3) is 9.68. The standard InChI is InChI=1S/2C14H14BNO3/c2*17-15(18)14-9-5-4-8-13(14)10-16-19-11-12-6-2-1-3-7-12/h2*1-10,17-18H,11H2/b2*16-10+. The highest BCUT2D eigenvalue weighted by Gasteiger charge is 2.14. The molecule has 38 heavy (non-hydrogen) atoms. The first-order valence-corrected chi connectivity index (χ1v) is 11.8. The Kier molecular flexibility index (Phi) is 11.8. The number of rotatable bonds is 10. The summed E-state index contributed by atoms with van der Waals surface area (Å²) in [6.45, 7) is 0.752. The molecule has 0 aromatic heterocycles. The molecule has 0 bridgehead atoms. The summed E-state index contributed by atoms with van der Waals surface area (Å²) in [5.74, 6) is 0. The molecule has 0 aliphatic rings. The molecule has 0 aliphatic heterocycles. The minimum Gasteiger partial charge on any atom is -0.423 e. The number of oxime groups is 2. The topological polar surface area (TPSA) is 124 Å². The fraction of sp³-hybridized carbons (Fsp3) is 0.0714. The van der Waals surface area contributed by atoms with Crippen molar-refractivity contribution in [3.63, 3.8) is 0 Å². The van der Waals surface area contributed by atoms with E-state index in [0.29, 0.717) is 35.3 Å². The van der Waals surface area contributed by atoms with E-state index < -0.39 is 14.2 Å². The van der Waals surface area contributed by atoms with Gasteiger partial charge >= 0.3 is 14.2 Å². The molecule has 192 valence electrons. The van der Waals surface area contributed by atoms with Gasteiger partial charge in [0, 0.05) is 0 Å². The summed E-state index contributed by atoms with van der Waals surface area (Å²) in [5.41, 5.74) is 4.07. The predicted octanol–water partition coefficient (Wildman–Crippen LogP) is 1.83. The smallest absolute Gasteiger partial charge is 0.423 e. The molecular weight excluding hydrogens is 482 g/mol. The fourth-order valence-corrected chi connectivity index (χ4v) is 3.29. The largest absolute Gasteiger partial charge is 0.489 e. The Labute approximate surface area is 222 Å². The summed E-state index contributed by atoms with van der Waals surface area (Å²) in [6.07, 6.45) is 2.94. The van der Waals surface area contributed by atoms with Crippen LogP contribution >= 0.6 is 0 Å². The second kappa shape index (κ2) is 15.8. The Hall–Kier alpha value is -4.21. The lowest BCUT2D eigenvalue weighted by Crippen LogP contribution is -2.32. The molecule has 4 N–H and O–H groups in total. The average Bonchev–Trinajstić information content (AvgIpc) is 2.95. The van der Waals surface area contributed by atoms with E-state index in [4.69, 9.17) is 9.68 Å². The van der Waals surface area contributed by atoms with Gasteiger partial charge in [0.2, 0.25) is 0 Å². The van der Waals surface area contributed by atoms with Crippen LogP contribution in [0.4, 0.5) is 0 Å². The molecule has 0 saturated heterocycles. The highest BCUT2D eigenvalue weighted by atomic mass is 16.6.